The van der Waals surface area contributed by atoms with Gasteiger partial charge in [-0.3, -0.25) is 0 Å². The van der Waals surface area contributed by atoms with Crippen molar-refractivity contribution in [2.45, 2.75) is 47.2 Å². The smallest absolute Gasteiger partial charge is 0.0475 e. The summed E-state index contributed by atoms with van der Waals surface area (Å²) >= 11 is 0. The van der Waals surface area contributed by atoms with Gasteiger partial charge < -0.3 is 9.88 Å². The van der Waals surface area contributed by atoms with Crippen LogP contribution in [0.5, 0.6) is 0 Å². The van der Waals surface area contributed by atoms with Crippen LogP contribution in [0.15, 0.2) is 30.3 Å². The van der Waals surface area contributed by atoms with Gasteiger partial charge in [0.1, 0.15) is 0 Å². The summed E-state index contributed by atoms with van der Waals surface area (Å²) in [6.45, 7) is 11.8. The number of nitrogens with one attached hydrogen (secondary N) is 1. The van der Waals surface area contributed by atoms with Crippen LogP contribution in [0.25, 0.3) is 0 Å². The largest absolute Gasteiger partial charge is 0.344 e. The molecule has 1 heterocycles. The third kappa shape index (κ3) is 3.51. The summed E-state index contributed by atoms with van der Waals surface area (Å²) in [5, 5.41) is 3.49. The van der Waals surface area contributed by atoms with Gasteiger partial charge >= 0.3 is 0 Å². The molecule has 0 fully saturated rings. The van der Waals surface area contributed by atoms with Gasteiger partial charge in [0.05, 0.1) is 0 Å². The van der Waals surface area contributed by atoms with Crippen molar-refractivity contribution < 1.29 is 0 Å². The minimum atomic E-state index is 0.965. The molecule has 20 heavy (non-hydrogen) atoms. The molecule has 0 unspecified atom stereocenters. The molecule has 0 atom stereocenters. The van der Waals surface area contributed by atoms with E-state index >= 15 is 0 Å². The third-order valence-electron chi connectivity index (χ3n) is 3.84. The number of benzene rings is 1. The molecule has 0 aliphatic rings. The maximum atomic E-state index is 3.49. The highest BCUT2D eigenvalue weighted by Gasteiger charge is 2.09. The fraction of sp³-hybridized carbons (Fsp3) is 0.444. The molecule has 1 N–H and O–H groups in total. The first-order chi connectivity index (χ1) is 9.61. The highest BCUT2D eigenvalue weighted by Crippen LogP contribution is 2.17. The molecule has 0 radical (unpaired) electrons. The van der Waals surface area contributed by atoms with E-state index in [0.717, 1.165) is 19.6 Å². The molecule has 2 aromatic rings. The normalized spacial score (nSPS) is 11.0. The van der Waals surface area contributed by atoms with Crippen LogP contribution in [0.4, 0.5) is 0 Å². The Morgan fingerprint density at radius 3 is 2.60 bits per heavy atom. The topological polar surface area (TPSA) is 17.0 Å². The van der Waals surface area contributed by atoms with Crippen molar-refractivity contribution in [3.8, 4) is 0 Å². The van der Waals surface area contributed by atoms with Gasteiger partial charge in [-0.2, -0.15) is 0 Å². The molecular formula is C18H26N2. The zero-order valence-electron chi connectivity index (χ0n) is 13.2. The van der Waals surface area contributed by atoms with Crippen LogP contribution >= 0.6 is 0 Å². The Kier molecular flexibility index (Phi) is 5.02. The van der Waals surface area contributed by atoms with Crippen LogP contribution in [0.1, 0.15) is 41.4 Å². The molecule has 0 saturated carbocycles. The summed E-state index contributed by atoms with van der Waals surface area (Å²) in [6.07, 6.45) is 1.18. The first-order valence-corrected chi connectivity index (χ1v) is 7.53. The average molecular weight is 270 g/mol. The zero-order chi connectivity index (χ0) is 14.5. The van der Waals surface area contributed by atoms with E-state index in [2.05, 4.69) is 67.9 Å². The summed E-state index contributed by atoms with van der Waals surface area (Å²) in [7, 11) is 0. The van der Waals surface area contributed by atoms with Gasteiger partial charge in [0.2, 0.25) is 0 Å². The molecule has 0 saturated heterocycles. The van der Waals surface area contributed by atoms with Crippen LogP contribution in [-0.4, -0.2) is 11.1 Å². The number of hydrogen-bond acceptors (Lipinski definition) is 1. The van der Waals surface area contributed by atoms with Crippen LogP contribution in [0, 0.1) is 20.8 Å². The summed E-state index contributed by atoms with van der Waals surface area (Å²) in [5.74, 6) is 0. The summed E-state index contributed by atoms with van der Waals surface area (Å²) in [5.41, 5.74) is 6.85. The van der Waals surface area contributed by atoms with E-state index in [1.807, 2.05) is 0 Å². The highest BCUT2D eigenvalue weighted by molar-refractivity contribution is 5.29. The van der Waals surface area contributed by atoms with E-state index in [-0.39, 0.29) is 0 Å². The number of hydrogen-bond donors (Lipinski definition) is 1. The standard InChI is InChI=1S/C18H26N2/c1-5-9-19-12-18-11-15(3)20(16(18)4)13-17-8-6-7-14(2)10-17/h6-8,10-11,19H,5,9,12-13H2,1-4H3. The zero-order valence-corrected chi connectivity index (χ0v) is 13.2. The molecule has 0 amide bonds. The average Bonchev–Trinajstić information content (AvgIpc) is 2.67. The van der Waals surface area contributed by atoms with Crippen LogP contribution in [0.3, 0.4) is 0 Å². The van der Waals surface area contributed by atoms with Gasteiger partial charge in [0.15, 0.2) is 0 Å². The SMILES string of the molecule is CCCNCc1cc(C)n(Cc2cccc(C)c2)c1C. The quantitative estimate of drug-likeness (QED) is 0.786. The van der Waals surface area contributed by atoms with Crippen molar-refractivity contribution in [3.05, 3.63) is 58.4 Å². The van der Waals surface area contributed by atoms with Crippen molar-refractivity contribution in [1.82, 2.24) is 9.88 Å². The van der Waals surface area contributed by atoms with E-state index in [4.69, 9.17) is 0 Å². The number of aromatic nitrogens is 1. The summed E-state index contributed by atoms with van der Waals surface area (Å²) in [4.78, 5) is 0. The molecule has 2 heteroatoms. The lowest BCUT2D eigenvalue weighted by Crippen LogP contribution is -2.14. The first kappa shape index (κ1) is 14.9. The van der Waals surface area contributed by atoms with E-state index in [1.54, 1.807) is 0 Å². The minimum absolute atomic E-state index is 0.965. The van der Waals surface area contributed by atoms with Gasteiger partial charge in [-0.05, 0) is 50.9 Å². The number of aryl methyl sites for hydroxylation is 2. The second-order valence-electron chi connectivity index (χ2n) is 5.65. The maximum absolute atomic E-state index is 3.49. The minimum Gasteiger partial charge on any atom is -0.344 e. The van der Waals surface area contributed by atoms with E-state index in [0.29, 0.717) is 0 Å². The molecular weight excluding hydrogens is 244 g/mol. The Labute approximate surface area is 122 Å². The Bertz CT molecular complexity index is 567. The lowest BCUT2D eigenvalue weighted by atomic mass is 10.1. The molecule has 1 aromatic carbocycles. The van der Waals surface area contributed by atoms with Crippen molar-refractivity contribution in [3.63, 3.8) is 0 Å². The second kappa shape index (κ2) is 6.76. The van der Waals surface area contributed by atoms with Crippen molar-refractivity contribution >= 4 is 0 Å². The Balaban J connectivity index is 2.15. The third-order valence-corrected chi connectivity index (χ3v) is 3.84. The van der Waals surface area contributed by atoms with E-state index < -0.39 is 0 Å². The van der Waals surface area contributed by atoms with Crippen molar-refractivity contribution in [1.29, 1.82) is 0 Å². The predicted octanol–water partition coefficient (Wildman–Crippen LogP) is 3.96. The Morgan fingerprint density at radius 1 is 1.10 bits per heavy atom. The molecule has 0 aliphatic heterocycles. The highest BCUT2D eigenvalue weighted by atomic mass is 15.0. The lowest BCUT2D eigenvalue weighted by Gasteiger charge is -2.11. The van der Waals surface area contributed by atoms with Crippen LogP contribution in [0.2, 0.25) is 0 Å². The van der Waals surface area contributed by atoms with Crippen LogP contribution < -0.4 is 5.32 Å². The van der Waals surface area contributed by atoms with E-state index in [9.17, 15) is 0 Å². The molecule has 0 aliphatic carbocycles. The second-order valence-corrected chi connectivity index (χ2v) is 5.65. The van der Waals surface area contributed by atoms with E-state index in [1.165, 1.54) is 34.5 Å². The van der Waals surface area contributed by atoms with Gasteiger partial charge in [-0.25, -0.2) is 0 Å². The lowest BCUT2D eigenvalue weighted by molar-refractivity contribution is 0.667. The predicted molar refractivity (Wildman–Crippen MR) is 86.2 cm³/mol. The molecule has 2 rings (SSSR count). The summed E-state index contributed by atoms with van der Waals surface area (Å²) < 4.78 is 2.41. The van der Waals surface area contributed by atoms with Gasteiger partial charge in [-0.15, -0.1) is 0 Å². The Morgan fingerprint density at radius 2 is 1.90 bits per heavy atom. The molecule has 108 valence electrons. The maximum Gasteiger partial charge on any atom is 0.0475 e. The monoisotopic (exact) mass is 270 g/mol. The van der Waals surface area contributed by atoms with Crippen molar-refractivity contribution in [2.75, 3.05) is 6.54 Å². The summed E-state index contributed by atoms with van der Waals surface area (Å²) in [6, 6.07) is 11.1. The molecule has 0 spiro atoms. The van der Waals surface area contributed by atoms with Gasteiger partial charge in [0, 0.05) is 24.5 Å². The fourth-order valence-corrected chi connectivity index (χ4v) is 2.69. The number of nitrogens with zero attached hydrogens (tertiary/aromatic N) is 1. The first-order valence-electron chi connectivity index (χ1n) is 7.53. The molecule has 2 nitrogen and oxygen atoms in total. The van der Waals surface area contributed by atoms with Gasteiger partial charge in [0.25, 0.3) is 0 Å². The Hall–Kier alpha value is -1.54. The van der Waals surface area contributed by atoms with Gasteiger partial charge in [-0.1, -0.05) is 36.8 Å². The fourth-order valence-electron chi connectivity index (χ4n) is 2.69. The number of rotatable bonds is 6. The van der Waals surface area contributed by atoms with Crippen LogP contribution in [-0.2, 0) is 13.1 Å². The van der Waals surface area contributed by atoms with Crippen molar-refractivity contribution in [2.24, 2.45) is 0 Å². The molecule has 1 aromatic heterocycles. The molecule has 0 bridgehead atoms.